The summed E-state index contributed by atoms with van der Waals surface area (Å²) in [6.45, 7) is 1.58. The summed E-state index contributed by atoms with van der Waals surface area (Å²) in [7, 11) is -3.82. The standard InChI is InChI=1S/C14H19N3O4S/c1-2-8-21-13-5-3-4-12(9-13)11-22(19,20)17(7-6-15)10-14(16)18/h3-5,9H,2,7-8,10-11H2,1H3,(H2,16,18). The molecule has 0 unspecified atom stereocenters. The number of primary amides is 1. The highest BCUT2D eigenvalue weighted by Crippen LogP contribution is 2.17. The number of carbonyl (C=O) groups excluding carboxylic acids is 1. The monoisotopic (exact) mass is 325 g/mol. The van der Waals surface area contributed by atoms with Crippen LogP contribution in [0.25, 0.3) is 0 Å². The predicted molar refractivity (Wildman–Crippen MR) is 81.2 cm³/mol. The summed E-state index contributed by atoms with van der Waals surface area (Å²) in [5.41, 5.74) is 5.53. The third-order valence-electron chi connectivity index (χ3n) is 2.69. The van der Waals surface area contributed by atoms with Crippen molar-refractivity contribution in [3.63, 3.8) is 0 Å². The molecule has 120 valence electrons. The van der Waals surface area contributed by atoms with Gasteiger partial charge in [0.25, 0.3) is 0 Å². The van der Waals surface area contributed by atoms with Crippen LogP contribution in [0, 0.1) is 11.3 Å². The van der Waals surface area contributed by atoms with E-state index in [-0.39, 0.29) is 5.75 Å². The van der Waals surface area contributed by atoms with Crippen molar-refractivity contribution in [1.82, 2.24) is 4.31 Å². The summed E-state index contributed by atoms with van der Waals surface area (Å²) < 4.78 is 30.8. The topological polar surface area (TPSA) is 113 Å². The van der Waals surface area contributed by atoms with E-state index in [1.807, 2.05) is 6.92 Å². The largest absolute Gasteiger partial charge is 0.494 e. The number of nitrogens with two attached hydrogens (primary N) is 1. The predicted octanol–water partition coefficient (Wildman–Crippen LogP) is 0.616. The van der Waals surface area contributed by atoms with Gasteiger partial charge >= 0.3 is 0 Å². The maximum atomic E-state index is 12.3. The van der Waals surface area contributed by atoms with Gasteiger partial charge in [0.05, 0.1) is 25.0 Å². The minimum absolute atomic E-state index is 0.328. The molecule has 1 rings (SSSR count). The van der Waals surface area contributed by atoms with Gasteiger partial charge in [-0.1, -0.05) is 19.1 Å². The number of hydrogen-bond acceptors (Lipinski definition) is 5. The van der Waals surface area contributed by atoms with Gasteiger partial charge in [-0.3, -0.25) is 4.79 Å². The summed E-state index contributed by atoms with van der Waals surface area (Å²) in [5, 5.41) is 8.69. The molecule has 0 radical (unpaired) electrons. The third kappa shape index (κ3) is 5.71. The summed E-state index contributed by atoms with van der Waals surface area (Å²) in [6, 6.07) is 8.42. The van der Waals surface area contributed by atoms with Crippen molar-refractivity contribution in [3.8, 4) is 11.8 Å². The molecule has 0 saturated heterocycles. The molecule has 1 aromatic rings. The summed E-state index contributed by atoms with van der Waals surface area (Å²) >= 11 is 0. The van der Waals surface area contributed by atoms with Crippen molar-refractivity contribution in [1.29, 1.82) is 5.26 Å². The van der Waals surface area contributed by atoms with Crippen LogP contribution >= 0.6 is 0 Å². The average molecular weight is 325 g/mol. The first-order valence-electron chi connectivity index (χ1n) is 6.74. The van der Waals surface area contributed by atoms with Crippen LogP contribution < -0.4 is 10.5 Å². The Bertz CT molecular complexity index is 652. The summed E-state index contributed by atoms with van der Waals surface area (Å²) in [4.78, 5) is 10.9. The second kappa shape index (κ2) is 8.36. The normalized spacial score (nSPS) is 11.1. The SMILES string of the molecule is CCCOc1cccc(CS(=O)(=O)N(CC#N)CC(N)=O)c1. The maximum absolute atomic E-state index is 12.3. The molecule has 2 N–H and O–H groups in total. The van der Waals surface area contributed by atoms with Crippen molar-refractivity contribution in [2.75, 3.05) is 19.7 Å². The van der Waals surface area contributed by atoms with Crippen molar-refractivity contribution >= 4 is 15.9 Å². The van der Waals surface area contributed by atoms with Gasteiger partial charge in [0.2, 0.25) is 15.9 Å². The zero-order chi connectivity index (χ0) is 16.6. The number of nitrogens with zero attached hydrogens (tertiary/aromatic N) is 2. The molecule has 22 heavy (non-hydrogen) atoms. The van der Waals surface area contributed by atoms with Gasteiger partial charge in [0.15, 0.2) is 0 Å². The number of benzene rings is 1. The Balaban J connectivity index is 2.90. The average Bonchev–Trinajstić information content (AvgIpc) is 2.44. The number of nitriles is 1. The number of sulfonamides is 1. The molecular weight excluding hydrogens is 306 g/mol. The smallest absolute Gasteiger partial charge is 0.232 e. The van der Waals surface area contributed by atoms with E-state index in [4.69, 9.17) is 15.7 Å². The lowest BCUT2D eigenvalue weighted by atomic mass is 10.2. The number of hydrogen-bond donors (Lipinski definition) is 1. The summed E-state index contributed by atoms with van der Waals surface area (Å²) in [5.74, 6) is -0.555. The van der Waals surface area contributed by atoms with E-state index >= 15 is 0 Å². The third-order valence-corrected chi connectivity index (χ3v) is 4.44. The molecule has 0 saturated carbocycles. The molecule has 1 aromatic carbocycles. The molecule has 0 atom stereocenters. The van der Waals surface area contributed by atoms with E-state index in [2.05, 4.69) is 0 Å². The zero-order valence-corrected chi connectivity index (χ0v) is 13.2. The fraction of sp³-hybridized carbons (Fsp3) is 0.429. The van der Waals surface area contributed by atoms with Gasteiger partial charge in [-0.05, 0) is 24.1 Å². The first kappa shape index (κ1) is 17.9. The summed E-state index contributed by atoms with van der Waals surface area (Å²) in [6.07, 6.45) is 0.844. The molecule has 0 fully saturated rings. The Morgan fingerprint density at radius 1 is 1.45 bits per heavy atom. The Hall–Kier alpha value is -2.11. The van der Waals surface area contributed by atoms with E-state index in [1.54, 1.807) is 30.3 Å². The zero-order valence-electron chi connectivity index (χ0n) is 12.4. The first-order chi connectivity index (χ1) is 10.4. The lowest BCUT2D eigenvalue weighted by molar-refractivity contribution is -0.118. The molecule has 8 heteroatoms. The number of rotatable bonds is 9. The van der Waals surface area contributed by atoms with Crippen molar-refractivity contribution in [2.45, 2.75) is 19.1 Å². The second-order valence-electron chi connectivity index (χ2n) is 4.64. The second-order valence-corrected chi connectivity index (χ2v) is 6.61. The van der Waals surface area contributed by atoms with Gasteiger partial charge in [-0.15, -0.1) is 0 Å². The molecule has 0 aliphatic rings. The molecule has 1 amide bonds. The van der Waals surface area contributed by atoms with E-state index in [0.717, 1.165) is 10.7 Å². The molecule has 0 bridgehead atoms. The van der Waals surface area contributed by atoms with Crippen LogP contribution in [0.15, 0.2) is 24.3 Å². The van der Waals surface area contributed by atoms with Crippen LogP contribution in [0.4, 0.5) is 0 Å². The van der Waals surface area contributed by atoms with Crippen molar-refractivity contribution in [3.05, 3.63) is 29.8 Å². The van der Waals surface area contributed by atoms with Crippen molar-refractivity contribution in [2.24, 2.45) is 5.73 Å². The lowest BCUT2D eigenvalue weighted by Gasteiger charge is -2.17. The molecule has 0 aromatic heterocycles. The van der Waals surface area contributed by atoms with Crippen LogP contribution in [-0.4, -0.2) is 38.3 Å². The van der Waals surface area contributed by atoms with E-state index in [0.29, 0.717) is 17.9 Å². The maximum Gasteiger partial charge on any atom is 0.232 e. The Labute approximate surface area is 130 Å². The fourth-order valence-electron chi connectivity index (χ4n) is 1.75. The minimum Gasteiger partial charge on any atom is -0.494 e. The fourth-order valence-corrected chi connectivity index (χ4v) is 3.11. The Morgan fingerprint density at radius 2 is 2.18 bits per heavy atom. The van der Waals surface area contributed by atoms with Gasteiger partial charge in [-0.2, -0.15) is 9.57 Å². The Kier molecular flexibility index (Phi) is 6.82. The highest BCUT2D eigenvalue weighted by molar-refractivity contribution is 7.88. The molecular formula is C14H19N3O4S. The number of carbonyl (C=O) groups is 1. The molecule has 0 heterocycles. The van der Waals surface area contributed by atoms with Gasteiger partial charge in [-0.25, -0.2) is 8.42 Å². The van der Waals surface area contributed by atoms with E-state index in [1.165, 1.54) is 0 Å². The lowest BCUT2D eigenvalue weighted by Crippen LogP contribution is -2.39. The van der Waals surface area contributed by atoms with Crippen molar-refractivity contribution < 1.29 is 17.9 Å². The van der Waals surface area contributed by atoms with Gasteiger partial charge in [0, 0.05) is 0 Å². The van der Waals surface area contributed by atoms with Crippen LogP contribution in [0.1, 0.15) is 18.9 Å². The quantitative estimate of drug-likeness (QED) is 0.668. The highest BCUT2D eigenvalue weighted by atomic mass is 32.2. The molecule has 0 spiro atoms. The van der Waals surface area contributed by atoms with Gasteiger partial charge < -0.3 is 10.5 Å². The minimum atomic E-state index is -3.82. The van der Waals surface area contributed by atoms with Crippen LogP contribution in [0.2, 0.25) is 0 Å². The van der Waals surface area contributed by atoms with Gasteiger partial charge in [0.1, 0.15) is 12.3 Å². The van der Waals surface area contributed by atoms with Crippen LogP contribution in [0.5, 0.6) is 5.75 Å². The van der Waals surface area contributed by atoms with Crippen LogP contribution in [0.3, 0.4) is 0 Å². The van der Waals surface area contributed by atoms with E-state index in [9.17, 15) is 13.2 Å². The van der Waals surface area contributed by atoms with E-state index < -0.39 is 29.0 Å². The number of ether oxygens (including phenoxy) is 1. The first-order valence-corrected chi connectivity index (χ1v) is 8.34. The Morgan fingerprint density at radius 3 is 2.77 bits per heavy atom. The number of amides is 1. The van der Waals surface area contributed by atoms with Crippen LogP contribution in [-0.2, 0) is 20.6 Å². The molecule has 7 nitrogen and oxygen atoms in total. The highest BCUT2D eigenvalue weighted by Gasteiger charge is 2.24. The molecule has 0 aliphatic carbocycles. The molecule has 0 aliphatic heterocycles.